The van der Waals surface area contributed by atoms with Crippen LogP contribution in [0, 0.1) is 0 Å². The van der Waals surface area contributed by atoms with Crippen molar-refractivity contribution in [1.29, 1.82) is 0 Å². The van der Waals surface area contributed by atoms with Crippen LogP contribution in [0.1, 0.15) is 56.3 Å². The lowest BCUT2D eigenvalue weighted by Gasteiger charge is -2.24. The Morgan fingerprint density at radius 2 is 1.93 bits per heavy atom. The first kappa shape index (κ1) is 21.7. The molecule has 2 aromatic rings. The van der Waals surface area contributed by atoms with Crippen LogP contribution in [0.5, 0.6) is 0 Å². The molecule has 0 saturated heterocycles. The second-order valence-corrected chi connectivity index (χ2v) is 6.92. The third-order valence-electron chi connectivity index (χ3n) is 4.42. The van der Waals surface area contributed by atoms with E-state index in [0.29, 0.717) is 19.5 Å². The number of halogens is 1. The molecule has 3 N–H and O–H groups in total. The molecule has 28 heavy (non-hydrogen) atoms. The van der Waals surface area contributed by atoms with Gasteiger partial charge in [0.15, 0.2) is 5.69 Å². The van der Waals surface area contributed by atoms with Crippen molar-refractivity contribution in [2.24, 2.45) is 0 Å². The maximum Gasteiger partial charge on any atom is 0.330 e. The van der Waals surface area contributed by atoms with E-state index in [0.717, 1.165) is 25.7 Å². The van der Waals surface area contributed by atoms with Crippen LogP contribution in [0.25, 0.3) is 0 Å². The summed E-state index contributed by atoms with van der Waals surface area (Å²) in [6.45, 7) is 4.70. The Labute approximate surface area is 168 Å². The van der Waals surface area contributed by atoms with Crippen molar-refractivity contribution in [2.75, 3.05) is 17.2 Å². The molecule has 8 nitrogen and oxygen atoms in total. The summed E-state index contributed by atoms with van der Waals surface area (Å²) in [4.78, 5) is 45.4. The third-order valence-corrected chi connectivity index (χ3v) is 4.65. The minimum atomic E-state index is -0.679. The van der Waals surface area contributed by atoms with Crippen molar-refractivity contribution in [3.63, 3.8) is 0 Å². The molecule has 0 aliphatic rings. The number of amides is 1. The highest BCUT2D eigenvalue weighted by molar-refractivity contribution is 6.29. The number of carbonyl (C=O) groups excluding carboxylic acids is 1. The van der Waals surface area contributed by atoms with E-state index in [2.05, 4.69) is 9.97 Å². The topological polar surface area (TPSA) is 114 Å². The number of nitrogens with one attached hydrogen (secondary N) is 1. The lowest BCUT2D eigenvalue weighted by molar-refractivity contribution is 0.0985. The summed E-state index contributed by atoms with van der Waals surface area (Å²) in [6.07, 6.45) is 5.46. The summed E-state index contributed by atoms with van der Waals surface area (Å²) in [7, 11) is 0. The van der Waals surface area contributed by atoms with Crippen LogP contribution in [0.15, 0.2) is 27.9 Å². The van der Waals surface area contributed by atoms with Gasteiger partial charge in [-0.05, 0) is 25.0 Å². The van der Waals surface area contributed by atoms with E-state index < -0.39 is 17.2 Å². The highest BCUT2D eigenvalue weighted by atomic mass is 35.5. The molecule has 0 saturated carbocycles. The molecule has 0 aliphatic carbocycles. The second kappa shape index (κ2) is 10.1. The van der Waals surface area contributed by atoms with Gasteiger partial charge in [0.25, 0.3) is 11.5 Å². The van der Waals surface area contributed by atoms with E-state index >= 15 is 0 Å². The minimum absolute atomic E-state index is 0.00558. The number of aromatic nitrogens is 3. The molecule has 0 aromatic carbocycles. The zero-order valence-electron chi connectivity index (χ0n) is 16.2. The highest BCUT2D eigenvalue weighted by Gasteiger charge is 2.25. The predicted octanol–water partition coefficient (Wildman–Crippen LogP) is 2.80. The minimum Gasteiger partial charge on any atom is -0.383 e. The van der Waals surface area contributed by atoms with Gasteiger partial charge in [-0.3, -0.25) is 19.1 Å². The molecule has 0 spiro atoms. The van der Waals surface area contributed by atoms with E-state index in [-0.39, 0.29) is 22.2 Å². The first-order chi connectivity index (χ1) is 13.4. The van der Waals surface area contributed by atoms with Gasteiger partial charge in [-0.15, -0.1) is 0 Å². The fourth-order valence-electron chi connectivity index (χ4n) is 2.87. The summed E-state index contributed by atoms with van der Waals surface area (Å²) >= 11 is 5.80. The lowest BCUT2D eigenvalue weighted by Crippen LogP contribution is -2.41. The van der Waals surface area contributed by atoms with Gasteiger partial charge in [-0.2, -0.15) is 0 Å². The van der Waals surface area contributed by atoms with Gasteiger partial charge in [0, 0.05) is 19.3 Å². The lowest BCUT2D eigenvalue weighted by atomic mass is 10.2. The number of aromatic amines is 1. The van der Waals surface area contributed by atoms with Crippen LogP contribution < -0.4 is 21.9 Å². The van der Waals surface area contributed by atoms with Crippen molar-refractivity contribution in [3.8, 4) is 0 Å². The highest BCUT2D eigenvalue weighted by Crippen LogP contribution is 2.21. The molecular formula is C19H26ClN5O3. The molecule has 2 aromatic heterocycles. The van der Waals surface area contributed by atoms with Gasteiger partial charge in [-0.25, -0.2) is 9.78 Å². The molecule has 1 amide bonds. The van der Waals surface area contributed by atoms with E-state index in [4.69, 9.17) is 17.3 Å². The van der Waals surface area contributed by atoms with Crippen LogP contribution in [0.4, 0.5) is 11.5 Å². The van der Waals surface area contributed by atoms with Crippen molar-refractivity contribution in [2.45, 2.75) is 52.5 Å². The summed E-state index contributed by atoms with van der Waals surface area (Å²) in [5.41, 5.74) is 5.21. The van der Waals surface area contributed by atoms with Crippen LogP contribution in [0.3, 0.4) is 0 Å². The Balaban J connectivity index is 2.53. The molecule has 0 bridgehead atoms. The third kappa shape index (κ3) is 5.01. The molecular weight excluding hydrogens is 382 g/mol. The van der Waals surface area contributed by atoms with Crippen LogP contribution in [-0.4, -0.2) is 27.0 Å². The van der Waals surface area contributed by atoms with Crippen LogP contribution in [0.2, 0.25) is 5.15 Å². The number of anilines is 2. The standard InChI is InChI=1S/C19H26ClN5O3/c1-3-5-7-11-24(18(27)13-8-9-14(20)22-12-13)15-16(21)25(10-6-4-2)19(28)23-17(15)26/h8-9,12H,3-7,10-11,21H2,1-2H3,(H,23,26,28). The number of rotatable bonds is 9. The number of hydrogen-bond donors (Lipinski definition) is 2. The number of carbonyl (C=O) groups is 1. The summed E-state index contributed by atoms with van der Waals surface area (Å²) in [5, 5.41) is 0.263. The molecule has 0 fully saturated rings. The molecule has 0 atom stereocenters. The maximum absolute atomic E-state index is 13.1. The Bertz CT molecular complexity index is 921. The average molecular weight is 408 g/mol. The molecule has 9 heteroatoms. The molecule has 0 unspecified atom stereocenters. The van der Waals surface area contributed by atoms with E-state index in [1.54, 1.807) is 6.07 Å². The second-order valence-electron chi connectivity index (χ2n) is 6.53. The number of hydrogen-bond acceptors (Lipinski definition) is 5. The van der Waals surface area contributed by atoms with Gasteiger partial charge >= 0.3 is 5.69 Å². The summed E-state index contributed by atoms with van der Waals surface area (Å²) in [5.74, 6) is -0.424. The normalized spacial score (nSPS) is 10.8. The van der Waals surface area contributed by atoms with Gasteiger partial charge in [0.2, 0.25) is 0 Å². The monoisotopic (exact) mass is 407 g/mol. The average Bonchev–Trinajstić information content (AvgIpc) is 2.66. The molecule has 0 radical (unpaired) electrons. The van der Waals surface area contributed by atoms with Gasteiger partial charge in [0.1, 0.15) is 11.0 Å². The number of unbranched alkanes of at least 4 members (excludes halogenated alkanes) is 3. The van der Waals surface area contributed by atoms with Crippen LogP contribution in [-0.2, 0) is 6.54 Å². The SMILES string of the molecule is CCCCCN(C(=O)c1ccc(Cl)nc1)c1c(N)n(CCCC)c(=O)[nH]c1=O. The summed E-state index contributed by atoms with van der Waals surface area (Å²) < 4.78 is 1.31. The van der Waals surface area contributed by atoms with Crippen molar-refractivity contribution < 1.29 is 4.79 Å². The Morgan fingerprint density at radius 1 is 1.21 bits per heavy atom. The Kier molecular flexibility index (Phi) is 7.80. The van der Waals surface area contributed by atoms with E-state index in [1.165, 1.54) is 21.7 Å². The first-order valence-corrected chi connectivity index (χ1v) is 9.84. The van der Waals surface area contributed by atoms with Gasteiger partial charge in [0.05, 0.1) is 5.56 Å². The van der Waals surface area contributed by atoms with Crippen molar-refractivity contribution in [3.05, 3.63) is 49.9 Å². The van der Waals surface area contributed by atoms with E-state index in [1.807, 2.05) is 13.8 Å². The number of H-pyrrole nitrogens is 1. The summed E-state index contributed by atoms with van der Waals surface area (Å²) in [6, 6.07) is 3.05. The number of nitrogen functional groups attached to an aromatic ring is 1. The Hall–Kier alpha value is -2.61. The Morgan fingerprint density at radius 3 is 2.54 bits per heavy atom. The zero-order chi connectivity index (χ0) is 20.7. The maximum atomic E-state index is 13.1. The molecule has 2 rings (SSSR count). The number of nitrogens with zero attached hydrogens (tertiary/aromatic N) is 3. The fraction of sp³-hybridized carbons (Fsp3) is 0.474. The number of pyridine rings is 1. The fourth-order valence-corrected chi connectivity index (χ4v) is 2.98. The first-order valence-electron chi connectivity index (χ1n) is 9.46. The van der Waals surface area contributed by atoms with E-state index in [9.17, 15) is 14.4 Å². The molecule has 152 valence electrons. The largest absolute Gasteiger partial charge is 0.383 e. The van der Waals surface area contributed by atoms with Crippen LogP contribution >= 0.6 is 11.6 Å². The molecule has 0 aliphatic heterocycles. The quantitative estimate of drug-likeness (QED) is 0.490. The van der Waals surface area contributed by atoms with Gasteiger partial charge < -0.3 is 10.6 Å². The van der Waals surface area contributed by atoms with Crippen molar-refractivity contribution >= 4 is 29.0 Å². The smallest absolute Gasteiger partial charge is 0.330 e. The zero-order valence-corrected chi connectivity index (χ0v) is 17.0. The van der Waals surface area contributed by atoms with Crippen molar-refractivity contribution in [1.82, 2.24) is 14.5 Å². The predicted molar refractivity (Wildman–Crippen MR) is 111 cm³/mol. The molecule has 2 heterocycles. The van der Waals surface area contributed by atoms with Gasteiger partial charge in [-0.1, -0.05) is 44.7 Å². The number of nitrogens with two attached hydrogens (primary N) is 1.